The van der Waals surface area contributed by atoms with Crippen molar-refractivity contribution in [2.75, 3.05) is 13.2 Å². The molecule has 0 heterocycles. The molecule has 0 bridgehead atoms. The van der Waals surface area contributed by atoms with Gasteiger partial charge in [-0.15, -0.1) is 0 Å². The first kappa shape index (κ1) is 16.0. The standard InChI is InChI=1S/C15H21NO4/c1-10(2)6-7-16-14(17)9-20-13-5-4-11(3)8-12(13)15(18)19/h4-5,8,10H,6-7,9H2,1-3H3,(H,16,17)(H,18,19). The SMILES string of the molecule is Cc1ccc(OCC(=O)NCCC(C)C)c(C(=O)O)c1. The second kappa shape index (κ2) is 7.53. The summed E-state index contributed by atoms with van der Waals surface area (Å²) in [5.41, 5.74) is 0.899. The first-order chi connectivity index (χ1) is 9.40. The van der Waals surface area contributed by atoms with Crippen molar-refractivity contribution in [3.8, 4) is 5.75 Å². The minimum absolute atomic E-state index is 0.0694. The zero-order chi connectivity index (χ0) is 15.1. The molecule has 20 heavy (non-hydrogen) atoms. The van der Waals surface area contributed by atoms with Crippen LogP contribution in [-0.2, 0) is 4.79 Å². The number of benzene rings is 1. The van der Waals surface area contributed by atoms with E-state index in [0.29, 0.717) is 12.5 Å². The highest BCUT2D eigenvalue weighted by Gasteiger charge is 2.12. The van der Waals surface area contributed by atoms with Gasteiger partial charge in [0.2, 0.25) is 0 Å². The van der Waals surface area contributed by atoms with E-state index in [1.54, 1.807) is 19.1 Å². The van der Waals surface area contributed by atoms with Crippen LogP contribution >= 0.6 is 0 Å². The van der Waals surface area contributed by atoms with Crippen LogP contribution in [0.1, 0.15) is 36.2 Å². The van der Waals surface area contributed by atoms with Gasteiger partial charge in [0.05, 0.1) is 0 Å². The van der Waals surface area contributed by atoms with Crippen LogP contribution in [0.3, 0.4) is 0 Å². The van der Waals surface area contributed by atoms with Gasteiger partial charge in [-0.1, -0.05) is 25.5 Å². The van der Waals surface area contributed by atoms with Crippen LogP contribution in [0.25, 0.3) is 0 Å². The van der Waals surface area contributed by atoms with Crippen molar-refractivity contribution in [2.24, 2.45) is 5.92 Å². The molecule has 0 saturated carbocycles. The molecule has 0 atom stereocenters. The monoisotopic (exact) mass is 279 g/mol. The minimum atomic E-state index is -1.07. The number of ether oxygens (including phenoxy) is 1. The van der Waals surface area contributed by atoms with Gasteiger partial charge in [0.1, 0.15) is 11.3 Å². The Labute approximate surface area is 118 Å². The van der Waals surface area contributed by atoms with Crippen LogP contribution in [0.2, 0.25) is 0 Å². The van der Waals surface area contributed by atoms with Gasteiger partial charge >= 0.3 is 5.97 Å². The molecule has 110 valence electrons. The fraction of sp³-hybridized carbons (Fsp3) is 0.467. The molecule has 5 nitrogen and oxygen atoms in total. The lowest BCUT2D eigenvalue weighted by molar-refractivity contribution is -0.123. The summed E-state index contributed by atoms with van der Waals surface area (Å²) < 4.78 is 5.28. The van der Waals surface area contributed by atoms with Crippen molar-refractivity contribution in [3.05, 3.63) is 29.3 Å². The van der Waals surface area contributed by atoms with Crippen LogP contribution in [0, 0.1) is 12.8 Å². The van der Waals surface area contributed by atoms with Gasteiger partial charge in [0.25, 0.3) is 5.91 Å². The van der Waals surface area contributed by atoms with Gasteiger partial charge in [-0.25, -0.2) is 4.79 Å². The Morgan fingerprint density at radius 1 is 1.35 bits per heavy atom. The number of hydrogen-bond acceptors (Lipinski definition) is 3. The number of rotatable bonds is 7. The van der Waals surface area contributed by atoms with Gasteiger partial charge < -0.3 is 15.2 Å². The van der Waals surface area contributed by atoms with E-state index in [4.69, 9.17) is 9.84 Å². The first-order valence-corrected chi connectivity index (χ1v) is 6.63. The summed E-state index contributed by atoms with van der Waals surface area (Å²) >= 11 is 0. The number of aromatic carboxylic acids is 1. The predicted molar refractivity (Wildman–Crippen MR) is 76.1 cm³/mol. The first-order valence-electron chi connectivity index (χ1n) is 6.63. The van der Waals surface area contributed by atoms with Crippen molar-refractivity contribution >= 4 is 11.9 Å². The summed E-state index contributed by atoms with van der Waals surface area (Å²) in [4.78, 5) is 22.6. The molecule has 0 aliphatic heterocycles. The lowest BCUT2D eigenvalue weighted by Gasteiger charge is -2.11. The summed E-state index contributed by atoms with van der Waals surface area (Å²) in [6.07, 6.45) is 0.899. The van der Waals surface area contributed by atoms with Crippen molar-refractivity contribution in [1.82, 2.24) is 5.32 Å². The Balaban J connectivity index is 2.53. The van der Waals surface area contributed by atoms with Crippen LogP contribution < -0.4 is 10.1 Å². The van der Waals surface area contributed by atoms with Crippen molar-refractivity contribution in [1.29, 1.82) is 0 Å². The number of aryl methyl sites for hydroxylation is 1. The van der Waals surface area contributed by atoms with E-state index < -0.39 is 5.97 Å². The summed E-state index contributed by atoms with van der Waals surface area (Å²) in [6, 6.07) is 4.84. The molecule has 0 fully saturated rings. The highest BCUT2D eigenvalue weighted by Crippen LogP contribution is 2.19. The van der Waals surface area contributed by atoms with Crippen LogP contribution in [0.15, 0.2) is 18.2 Å². The van der Waals surface area contributed by atoms with E-state index in [9.17, 15) is 9.59 Å². The average Bonchev–Trinajstić information content (AvgIpc) is 2.36. The van der Waals surface area contributed by atoms with Crippen molar-refractivity contribution in [3.63, 3.8) is 0 Å². The van der Waals surface area contributed by atoms with Crippen LogP contribution in [-0.4, -0.2) is 30.1 Å². The largest absolute Gasteiger partial charge is 0.483 e. The minimum Gasteiger partial charge on any atom is -0.483 e. The maximum Gasteiger partial charge on any atom is 0.339 e. The van der Waals surface area contributed by atoms with E-state index in [2.05, 4.69) is 19.2 Å². The van der Waals surface area contributed by atoms with Gasteiger partial charge in [0.15, 0.2) is 6.61 Å². The van der Waals surface area contributed by atoms with Crippen molar-refractivity contribution in [2.45, 2.75) is 27.2 Å². The third kappa shape index (κ3) is 5.30. The number of carbonyl (C=O) groups is 2. The van der Waals surface area contributed by atoms with E-state index in [1.165, 1.54) is 6.07 Å². The van der Waals surface area contributed by atoms with E-state index in [1.807, 2.05) is 0 Å². The van der Waals surface area contributed by atoms with E-state index >= 15 is 0 Å². The zero-order valence-electron chi connectivity index (χ0n) is 12.1. The third-order valence-corrected chi connectivity index (χ3v) is 2.77. The van der Waals surface area contributed by atoms with Crippen LogP contribution in [0.5, 0.6) is 5.75 Å². The molecule has 1 rings (SSSR count). The van der Waals surface area contributed by atoms with E-state index in [-0.39, 0.29) is 23.8 Å². The summed E-state index contributed by atoms with van der Waals surface area (Å²) in [5, 5.41) is 11.8. The molecule has 0 radical (unpaired) electrons. The maximum atomic E-state index is 11.6. The van der Waals surface area contributed by atoms with E-state index in [0.717, 1.165) is 12.0 Å². The molecule has 0 saturated heterocycles. The summed E-state index contributed by atoms with van der Waals surface area (Å²) in [6.45, 7) is 6.37. The lowest BCUT2D eigenvalue weighted by atomic mass is 10.1. The highest BCUT2D eigenvalue weighted by atomic mass is 16.5. The fourth-order valence-electron chi connectivity index (χ4n) is 1.63. The van der Waals surface area contributed by atoms with Crippen LogP contribution in [0.4, 0.5) is 0 Å². The Morgan fingerprint density at radius 3 is 2.65 bits per heavy atom. The number of amides is 1. The molecule has 0 aromatic heterocycles. The number of hydrogen-bond donors (Lipinski definition) is 2. The molecule has 1 aromatic carbocycles. The smallest absolute Gasteiger partial charge is 0.339 e. The molecule has 0 aliphatic carbocycles. The average molecular weight is 279 g/mol. The van der Waals surface area contributed by atoms with Crippen molar-refractivity contribution < 1.29 is 19.4 Å². The number of carboxylic acids is 1. The Morgan fingerprint density at radius 2 is 2.05 bits per heavy atom. The summed E-state index contributed by atoms with van der Waals surface area (Å²) in [5.74, 6) is -0.583. The molecular weight excluding hydrogens is 258 g/mol. The molecule has 5 heteroatoms. The fourth-order valence-corrected chi connectivity index (χ4v) is 1.63. The highest BCUT2D eigenvalue weighted by molar-refractivity contribution is 5.91. The van der Waals surface area contributed by atoms with Gasteiger partial charge in [0, 0.05) is 6.54 Å². The summed E-state index contributed by atoms with van der Waals surface area (Å²) in [7, 11) is 0. The molecule has 0 unspecified atom stereocenters. The van der Waals surface area contributed by atoms with Gasteiger partial charge in [-0.2, -0.15) is 0 Å². The quantitative estimate of drug-likeness (QED) is 0.802. The van der Waals surface area contributed by atoms with Gasteiger partial charge in [-0.3, -0.25) is 4.79 Å². The molecule has 0 spiro atoms. The maximum absolute atomic E-state index is 11.6. The molecule has 0 aliphatic rings. The third-order valence-electron chi connectivity index (χ3n) is 2.77. The number of nitrogens with one attached hydrogen (secondary N) is 1. The Bertz CT molecular complexity index is 483. The second-order valence-electron chi connectivity index (χ2n) is 5.13. The Hall–Kier alpha value is -2.04. The predicted octanol–water partition coefficient (Wildman–Crippen LogP) is 2.23. The normalized spacial score (nSPS) is 10.4. The molecular formula is C15H21NO4. The second-order valence-corrected chi connectivity index (χ2v) is 5.13. The Kier molecular flexibility index (Phi) is 6.03. The van der Waals surface area contributed by atoms with Gasteiger partial charge in [-0.05, 0) is 31.4 Å². The number of carbonyl (C=O) groups excluding carboxylic acids is 1. The lowest BCUT2D eigenvalue weighted by Crippen LogP contribution is -2.30. The topological polar surface area (TPSA) is 75.6 Å². The number of carboxylic acid groups (broad SMARTS) is 1. The molecule has 2 N–H and O–H groups in total. The molecule has 1 amide bonds. The molecule has 1 aromatic rings. The zero-order valence-corrected chi connectivity index (χ0v) is 12.1.